The van der Waals surface area contributed by atoms with Gasteiger partial charge in [-0.15, -0.1) is 10.2 Å². The summed E-state index contributed by atoms with van der Waals surface area (Å²) in [6.45, 7) is -0.283. The van der Waals surface area contributed by atoms with Crippen molar-refractivity contribution in [1.29, 1.82) is 0 Å². The first-order valence-electron chi connectivity index (χ1n) is 6.12. The molecule has 0 saturated heterocycles. The number of rotatable bonds is 4. The third kappa shape index (κ3) is 2.99. The monoisotopic (exact) mass is 322 g/mol. The fourth-order valence-electron chi connectivity index (χ4n) is 1.67. The second-order valence-corrected chi connectivity index (χ2v) is 4.61. The molecule has 1 aromatic carbocycles. The van der Waals surface area contributed by atoms with Crippen LogP contribution in [0.5, 0.6) is 0 Å². The van der Waals surface area contributed by atoms with Crippen LogP contribution in [0.3, 0.4) is 0 Å². The van der Waals surface area contributed by atoms with E-state index in [9.17, 15) is 9.18 Å². The molecule has 112 valence electrons. The minimum atomic E-state index is -0.855. The molecule has 2 aromatic heterocycles. The molecular formula is C14H8ClFN2O4. The number of furan rings is 1. The van der Waals surface area contributed by atoms with Gasteiger partial charge < -0.3 is 13.6 Å². The van der Waals surface area contributed by atoms with Crippen LogP contribution in [-0.2, 0) is 11.3 Å². The zero-order valence-corrected chi connectivity index (χ0v) is 11.7. The summed E-state index contributed by atoms with van der Waals surface area (Å²) in [6, 6.07) is 6.97. The van der Waals surface area contributed by atoms with Crippen molar-refractivity contribution in [2.75, 3.05) is 0 Å². The summed E-state index contributed by atoms with van der Waals surface area (Å²) in [4.78, 5) is 11.8. The van der Waals surface area contributed by atoms with Gasteiger partial charge in [-0.3, -0.25) is 0 Å². The van der Waals surface area contributed by atoms with Gasteiger partial charge in [0.25, 0.3) is 11.8 Å². The number of carbonyl (C=O) groups excluding carboxylic acids is 1. The Labute approximate surface area is 128 Å². The number of carbonyl (C=O) groups is 1. The van der Waals surface area contributed by atoms with E-state index in [0.29, 0.717) is 5.76 Å². The molecule has 0 fully saturated rings. The summed E-state index contributed by atoms with van der Waals surface area (Å²) < 4.78 is 28.8. The number of nitrogens with zero attached hydrogens (tertiary/aromatic N) is 2. The molecule has 0 aliphatic heterocycles. The average Bonchev–Trinajstić information content (AvgIpc) is 3.16. The summed E-state index contributed by atoms with van der Waals surface area (Å²) in [7, 11) is 0. The SMILES string of the molecule is O=C(OCc1nnc(-c2ccco2)o1)c1ccc(Cl)cc1F. The lowest BCUT2D eigenvalue weighted by molar-refractivity contribution is 0.0433. The van der Waals surface area contributed by atoms with Gasteiger partial charge in [-0.2, -0.15) is 0 Å². The third-order valence-corrected chi connectivity index (χ3v) is 2.91. The molecule has 0 atom stereocenters. The van der Waals surface area contributed by atoms with Crippen molar-refractivity contribution in [3.63, 3.8) is 0 Å². The second kappa shape index (κ2) is 5.98. The molecule has 0 saturated carbocycles. The molecule has 3 aromatic rings. The highest BCUT2D eigenvalue weighted by molar-refractivity contribution is 6.30. The summed E-state index contributed by atoms with van der Waals surface area (Å²) in [6.07, 6.45) is 1.46. The topological polar surface area (TPSA) is 78.4 Å². The van der Waals surface area contributed by atoms with Gasteiger partial charge in [0.15, 0.2) is 12.4 Å². The van der Waals surface area contributed by atoms with E-state index in [2.05, 4.69) is 10.2 Å². The number of hydrogen-bond donors (Lipinski definition) is 0. The van der Waals surface area contributed by atoms with Gasteiger partial charge in [0.2, 0.25) is 0 Å². The van der Waals surface area contributed by atoms with Gasteiger partial charge in [-0.25, -0.2) is 9.18 Å². The van der Waals surface area contributed by atoms with Gasteiger partial charge in [-0.05, 0) is 30.3 Å². The van der Waals surface area contributed by atoms with E-state index in [4.69, 9.17) is 25.2 Å². The molecule has 0 bridgehead atoms. The Hall–Kier alpha value is -2.67. The first kappa shape index (κ1) is 14.3. The minimum absolute atomic E-state index is 0.0640. The van der Waals surface area contributed by atoms with Crippen molar-refractivity contribution in [2.24, 2.45) is 0 Å². The van der Waals surface area contributed by atoms with Crippen LogP contribution in [0.15, 0.2) is 45.4 Å². The second-order valence-electron chi connectivity index (χ2n) is 4.18. The smallest absolute Gasteiger partial charge is 0.341 e. The van der Waals surface area contributed by atoms with Gasteiger partial charge in [0, 0.05) is 5.02 Å². The van der Waals surface area contributed by atoms with Gasteiger partial charge in [-0.1, -0.05) is 11.6 Å². The number of esters is 1. The van der Waals surface area contributed by atoms with Gasteiger partial charge >= 0.3 is 5.97 Å². The predicted molar refractivity (Wildman–Crippen MR) is 72.5 cm³/mol. The van der Waals surface area contributed by atoms with E-state index in [1.165, 1.54) is 18.4 Å². The largest absolute Gasteiger partial charge is 0.459 e. The highest BCUT2D eigenvalue weighted by Crippen LogP contribution is 2.19. The van der Waals surface area contributed by atoms with Crippen molar-refractivity contribution >= 4 is 17.6 Å². The lowest BCUT2D eigenvalue weighted by Crippen LogP contribution is -2.07. The first-order valence-corrected chi connectivity index (χ1v) is 6.50. The Morgan fingerprint density at radius 3 is 2.91 bits per heavy atom. The van der Waals surface area contributed by atoms with Crippen LogP contribution in [0.2, 0.25) is 5.02 Å². The molecule has 8 heteroatoms. The van der Waals surface area contributed by atoms with Crippen molar-refractivity contribution < 1.29 is 22.8 Å². The minimum Gasteiger partial charge on any atom is -0.459 e. The number of ether oxygens (including phenoxy) is 1. The van der Waals surface area contributed by atoms with Crippen LogP contribution in [0, 0.1) is 5.82 Å². The predicted octanol–water partition coefficient (Wildman–Crippen LogP) is 3.48. The van der Waals surface area contributed by atoms with Gasteiger partial charge in [0.05, 0.1) is 11.8 Å². The fourth-order valence-corrected chi connectivity index (χ4v) is 1.83. The Morgan fingerprint density at radius 2 is 2.18 bits per heavy atom. The van der Waals surface area contributed by atoms with E-state index >= 15 is 0 Å². The van der Waals surface area contributed by atoms with Crippen LogP contribution < -0.4 is 0 Å². The zero-order chi connectivity index (χ0) is 15.5. The number of hydrogen-bond acceptors (Lipinski definition) is 6. The maximum atomic E-state index is 13.6. The zero-order valence-electron chi connectivity index (χ0n) is 11.0. The Balaban J connectivity index is 1.66. The maximum Gasteiger partial charge on any atom is 0.341 e. The average molecular weight is 323 g/mol. The molecule has 0 aliphatic rings. The Kier molecular flexibility index (Phi) is 3.88. The van der Waals surface area contributed by atoms with E-state index in [-0.39, 0.29) is 29.0 Å². The van der Waals surface area contributed by atoms with Crippen LogP contribution in [0.25, 0.3) is 11.7 Å². The van der Waals surface area contributed by atoms with Crippen molar-refractivity contribution in [1.82, 2.24) is 10.2 Å². The number of aromatic nitrogens is 2. The van der Waals surface area contributed by atoms with Crippen molar-refractivity contribution in [3.05, 3.63) is 58.9 Å². The molecule has 0 spiro atoms. The van der Waals surface area contributed by atoms with E-state index < -0.39 is 11.8 Å². The lowest BCUT2D eigenvalue weighted by Gasteiger charge is -2.03. The molecular weight excluding hydrogens is 315 g/mol. The van der Waals surface area contributed by atoms with Crippen LogP contribution >= 0.6 is 11.6 Å². The van der Waals surface area contributed by atoms with Crippen LogP contribution in [0.4, 0.5) is 4.39 Å². The third-order valence-electron chi connectivity index (χ3n) is 2.68. The van der Waals surface area contributed by atoms with E-state index in [0.717, 1.165) is 6.07 Å². The molecule has 0 N–H and O–H groups in total. The highest BCUT2D eigenvalue weighted by Gasteiger charge is 2.16. The summed E-state index contributed by atoms with van der Waals surface area (Å²) in [5, 5.41) is 7.64. The van der Waals surface area contributed by atoms with E-state index in [1.807, 2.05) is 0 Å². The molecule has 2 heterocycles. The van der Waals surface area contributed by atoms with Crippen LogP contribution in [-0.4, -0.2) is 16.2 Å². The lowest BCUT2D eigenvalue weighted by atomic mass is 10.2. The van der Waals surface area contributed by atoms with Crippen LogP contribution in [0.1, 0.15) is 16.2 Å². The Bertz CT molecular complexity index is 801. The molecule has 0 radical (unpaired) electrons. The Morgan fingerprint density at radius 1 is 1.32 bits per heavy atom. The standard InChI is InChI=1S/C14H8ClFN2O4/c15-8-3-4-9(10(16)6-8)14(19)21-7-12-17-18-13(22-12)11-2-1-5-20-11/h1-6H,7H2. The molecule has 0 aliphatic carbocycles. The molecule has 22 heavy (non-hydrogen) atoms. The highest BCUT2D eigenvalue weighted by atomic mass is 35.5. The fraction of sp³-hybridized carbons (Fsp3) is 0.0714. The van der Waals surface area contributed by atoms with E-state index in [1.54, 1.807) is 12.1 Å². The molecule has 3 rings (SSSR count). The number of benzene rings is 1. The number of halogens is 2. The summed E-state index contributed by atoms with van der Waals surface area (Å²) in [5.41, 5.74) is -0.227. The molecule has 0 amide bonds. The first-order chi connectivity index (χ1) is 10.6. The normalized spacial score (nSPS) is 10.6. The summed E-state index contributed by atoms with van der Waals surface area (Å²) in [5.74, 6) is -0.997. The quantitative estimate of drug-likeness (QED) is 0.684. The molecule has 0 unspecified atom stereocenters. The van der Waals surface area contributed by atoms with Gasteiger partial charge in [0.1, 0.15) is 5.82 Å². The maximum absolute atomic E-state index is 13.6. The van der Waals surface area contributed by atoms with Crippen molar-refractivity contribution in [3.8, 4) is 11.7 Å². The summed E-state index contributed by atoms with van der Waals surface area (Å²) >= 11 is 5.61. The molecule has 6 nitrogen and oxygen atoms in total. The van der Waals surface area contributed by atoms with Crippen molar-refractivity contribution in [2.45, 2.75) is 6.61 Å².